The number of carbonyl (C=O) groups excluding carboxylic acids is 6. The summed E-state index contributed by atoms with van der Waals surface area (Å²) in [5, 5.41) is 5.14. The predicted molar refractivity (Wildman–Crippen MR) is 158 cm³/mol. The molecule has 6 amide bonds. The van der Waals surface area contributed by atoms with E-state index in [0.29, 0.717) is 50.1 Å². The smallest absolute Gasteiger partial charge is 0.407 e. The molecule has 5 aliphatic rings. The SMILES string of the molecule is CC(C)(C)OC(=O)NC1CCN(C(=O)CCN2CC3(C2)CN(c2cccc4c2C(=O)N(C2CCC(=O)NC2=O)C4=O)C3)CC1. The van der Waals surface area contributed by atoms with Crippen LogP contribution in [0.25, 0.3) is 0 Å². The van der Waals surface area contributed by atoms with Gasteiger partial charge >= 0.3 is 6.09 Å². The van der Waals surface area contributed by atoms with Crippen molar-refractivity contribution in [2.45, 2.75) is 70.6 Å². The van der Waals surface area contributed by atoms with Crippen molar-refractivity contribution in [2.24, 2.45) is 5.41 Å². The summed E-state index contributed by atoms with van der Waals surface area (Å²) in [5.74, 6) is -1.88. The van der Waals surface area contributed by atoms with E-state index in [2.05, 4.69) is 20.4 Å². The Morgan fingerprint density at radius 1 is 1.00 bits per heavy atom. The van der Waals surface area contributed by atoms with Gasteiger partial charge in [0.25, 0.3) is 11.8 Å². The topological polar surface area (TPSA) is 149 Å². The number of rotatable bonds is 6. The second-order valence-electron chi connectivity index (χ2n) is 13.8. The van der Waals surface area contributed by atoms with E-state index in [1.165, 1.54) is 0 Å². The van der Waals surface area contributed by atoms with Crippen molar-refractivity contribution in [1.82, 2.24) is 25.3 Å². The number of alkyl carbamates (subject to hydrolysis) is 1. The van der Waals surface area contributed by atoms with Crippen molar-refractivity contribution in [3.63, 3.8) is 0 Å². The summed E-state index contributed by atoms with van der Waals surface area (Å²) in [7, 11) is 0. The number of piperidine rings is 2. The molecule has 0 bridgehead atoms. The van der Waals surface area contributed by atoms with E-state index in [1.807, 2.05) is 31.7 Å². The molecule has 44 heavy (non-hydrogen) atoms. The molecule has 4 saturated heterocycles. The number of carbonyl (C=O) groups is 6. The fourth-order valence-electron chi connectivity index (χ4n) is 7.11. The van der Waals surface area contributed by atoms with Gasteiger partial charge in [0.1, 0.15) is 11.6 Å². The summed E-state index contributed by atoms with van der Waals surface area (Å²) < 4.78 is 5.33. The lowest BCUT2D eigenvalue weighted by Gasteiger charge is -2.61. The van der Waals surface area contributed by atoms with Crippen LogP contribution in [-0.4, -0.2) is 114 Å². The van der Waals surface area contributed by atoms with Crippen molar-refractivity contribution in [1.29, 1.82) is 0 Å². The highest BCUT2D eigenvalue weighted by molar-refractivity contribution is 6.25. The molecule has 6 rings (SSSR count). The number of hydrogen-bond acceptors (Lipinski definition) is 9. The third kappa shape index (κ3) is 5.76. The molecule has 0 saturated carbocycles. The minimum absolute atomic E-state index is 0.00506. The van der Waals surface area contributed by atoms with Gasteiger partial charge in [-0.3, -0.25) is 34.2 Å². The number of benzene rings is 1. The van der Waals surface area contributed by atoms with Gasteiger partial charge in [-0.15, -0.1) is 0 Å². The van der Waals surface area contributed by atoms with Crippen LogP contribution in [0, 0.1) is 5.41 Å². The first-order valence-corrected chi connectivity index (χ1v) is 15.4. The summed E-state index contributed by atoms with van der Waals surface area (Å²) in [4.78, 5) is 82.8. The fraction of sp³-hybridized carbons (Fsp3) is 0.613. The Hall–Kier alpha value is -4.00. The number of nitrogens with one attached hydrogen (secondary N) is 2. The van der Waals surface area contributed by atoms with E-state index in [9.17, 15) is 28.8 Å². The second-order valence-corrected chi connectivity index (χ2v) is 13.8. The molecule has 13 heteroatoms. The van der Waals surface area contributed by atoms with Gasteiger partial charge in [-0.05, 0) is 52.2 Å². The molecule has 5 aliphatic heterocycles. The lowest BCUT2D eigenvalue weighted by Crippen LogP contribution is -2.72. The van der Waals surface area contributed by atoms with Crippen LogP contribution in [0.4, 0.5) is 10.5 Å². The average Bonchev–Trinajstić information content (AvgIpc) is 3.16. The van der Waals surface area contributed by atoms with E-state index in [1.54, 1.807) is 12.1 Å². The Balaban J connectivity index is 0.955. The van der Waals surface area contributed by atoms with Crippen LogP contribution < -0.4 is 15.5 Å². The van der Waals surface area contributed by atoms with E-state index in [4.69, 9.17) is 4.74 Å². The first-order valence-electron chi connectivity index (χ1n) is 15.4. The largest absolute Gasteiger partial charge is 0.444 e. The van der Waals surface area contributed by atoms with Crippen LogP contribution in [0.2, 0.25) is 0 Å². The maximum Gasteiger partial charge on any atom is 0.407 e. The van der Waals surface area contributed by atoms with Gasteiger partial charge in [-0.1, -0.05) is 6.07 Å². The molecule has 0 radical (unpaired) electrons. The molecule has 4 fully saturated rings. The van der Waals surface area contributed by atoms with Gasteiger partial charge in [0, 0.05) is 70.1 Å². The Labute approximate surface area is 256 Å². The summed E-state index contributed by atoms with van der Waals surface area (Å²) in [5.41, 5.74) is 0.850. The van der Waals surface area contributed by atoms with Gasteiger partial charge in [0.05, 0.1) is 16.8 Å². The number of hydrogen-bond donors (Lipinski definition) is 2. The highest BCUT2D eigenvalue weighted by Gasteiger charge is 2.53. The van der Waals surface area contributed by atoms with Crippen molar-refractivity contribution < 1.29 is 33.5 Å². The molecular weight excluding hydrogens is 568 g/mol. The average molecular weight is 609 g/mol. The van der Waals surface area contributed by atoms with Crippen LogP contribution in [-0.2, 0) is 19.1 Å². The Morgan fingerprint density at radius 2 is 1.70 bits per heavy atom. The van der Waals surface area contributed by atoms with E-state index in [-0.39, 0.29) is 35.8 Å². The Kier molecular flexibility index (Phi) is 7.63. The lowest BCUT2D eigenvalue weighted by atomic mass is 9.72. The number of ether oxygens (including phenoxy) is 1. The van der Waals surface area contributed by atoms with Gasteiger partial charge in [-0.25, -0.2) is 4.79 Å². The zero-order chi connectivity index (χ0) is 31.4. The number of likely N-dealkylation sites (tertiary alicyclic amines) is 2. The maximum absolute atomic E-state index is 13.4. The van der Waals surface area contributed by atoms with Crippen LogP contribution in [0.1, 0.15) is 73.6 Å². The van der Waals surface area contributed by atoms with Crippen molar-refractivity contribution >= 4 is 41.3 Å². The van der Waals surface area contributed by atoms with Crippen LogP contribution >= 0.6 is 0 Å². The summed E-state index contributed by atoms with van der Waals surface area (Å²) in [6.07, 6.45) is 1.64. The Bertz CT molecular complexity index is 1400. The summed E-state index contributed by atoms with van der Waals surface area (Å²) >= 11 is 0. The highest BCUT2D eigenvalue weighted by Crippen LogP contribution is 2.44. The van der Waals surface area contributed by atoms with E-state index >= 15 is 0 Å². The normalized spacial score (nSPS) is 23.7. The lowest BCUT2D eigenvalue weighted by molar-refractivity contribution is -0.136. The standard InChI is InChI=1S/C31H40N6O7/c1-30(2,3)44-29(43)32-19-9-13-35(14-10-19)24(39)11-12-34-15-31(16-34)17-36(18-31)21-6-4-5-20-25(21)28(42)37(27(20)41)22-7-8-23(38)33-26(22)40/h4-6,19,22H,7-18H2,1-3H3,(H,32,43)(H,33,38,40). The maximum atomic E-state index is 13.4. The van der Waals surface area contributed by atoms with Gasteiger partial charge in [0.2, 0.25) is 17.7 Å². The summed E-state index contributed by atoms with van der Waals surface area (Å²) in [6.45, 7) is 10.6. The molecule has 1 spiro atoms. The fourth-order valence-corrected chi connectivity index (χ4v) is 7.11. The molecule has 1 aromatic rings. The number of nitrogens with zero attached hydrogens (tertiary/aromatic N) is 4. The zero-order valence-electron chi connectivity index (χ0n) is 25.5. The predicted octanol–water partition coefficient (Wildman–Crippen LogP) is 1.12. The highest BCUT2D eigenvalue weighted by atomic mass is 16.6. The van der Waals surface area contributed by atoms with Crippen LogP contribution in [0.5, 0.6) is 0 Å². The molecular formula is C31H40N6O7. The third-order valence-corrected chi connectivity index (χ3v) is 9.17. The molecule has 13 nitrogen and oxygen atoms in total. The number of fused-ring (bicyclic) bond motifs is 1. The van der Waals surface area contributed by atoms with Gasteiger partial charge in [0.15, 0.2) is 0 Å². The quantitative estimate of drug-likeness (QED) is 0.453. The molecule has 0 aliphatic carbocycles. The van der Waals surface area contributed by atoms with Crippen LogP contribution in [0.3, 0.4) is 0 Å². The van der Waals surface area contributed by atoms with Crippen LogP contribution in [0.15, 0.2) is 18.2 Å². The van der Waals surface area contributed by atoms with Crippen molar-refractivity contribution in [2.75, 3.05) is 50.7 Å². The third-order valence-electron chi connectivity index (χ3n) is 9.17. The minimum Gasteiger partial charge on any atom is -0.444 e. The molecule has 1 aromatic carbocycles. The molecule has 236 valence electrons. The summed E-state index contributed by atoms with van der Waals surface area (Å²) in [6, 6.07) is 4.23. The van der Waals surface area contributed by atoms with Crippen molar-refractivity contribution in [3.8, 4) is 0 Å². The second kappa shape index (κ2) is 11.2. The molecule has 1 unspecified atom stereocenters. The number of amides is 6. The van der Waals surface area contributed by atoms with E-state index in [0.717, 1.165) is 31.1 Å². The van der Waals surface area contributed by atoms with E-state index < -0.39 is 41.4 Å². The van der Waals surface area contributed by atoms with Gasteiger partial charge < -0.3 is 24.8 Å². The number of imide groups is 2. The molecule has 0 aromatic heterocycles. The zero-order valence-corrected chi connectivity index (χ0v) is 25.5. The first kappa shape index (κ1) is 30.0. The monoisotopic (exact) mass is 608 g/mol. The van der Waals surface area contributed by atoms with Gasteiger partial charge in [-0.2, -0.15) is 0 Å². The Morgan fingerprint density at radius 3 is 2.36 bits per heavy atom. The first-order chi connectivity index (χ1) is 20.8. The number of anilines is 1. The molecule has 1 atom stereocenters. The van der Waals surface area contributed by atoms with Crippen molar-refractivity contribution in [3.05, 3.63) is 29.3 Å². The molecule has 2 N–H and O–H groups in total. The molecule has 5 heterocycles. The minimum atomic E-state index is -0.987.